The van der Waals surface area contributed by atoms with Crippen LogP contribution >= 0.6 is 0 Å². The van der Waals surface area contributed by atoms with Crippen LogP contribution in [0, 0.1) is 0 Å². The Morgan fingerprint density at radius 1 is 1.05 bits per heavy atom. The van der Waals surface area contributed by atoms with E-state index < -0.39 is 11.7 Å². The van der Waals surface area contributed by atoms with E-state index in [2.05, 4.69) is 24.1 Å². The van der Waals surface area contributed by atoms with Gasteiger partial charge in [-0.3, -0.25) is 0 Å². The van der Waals surface area contributed by atoms with E-state index in [1.807, 2.05) is 21.1 Å². The highest BCUT2D eigenvalue weighted by atomic mass is 19.4. The number of hydrogen-bond acceptors (Lipinski definition) is 2. The van der Waals surface area contributed by atoms with Crippen LogP contribution in [0.3, 0.4) is 0 Å². The molecule has 1 rings (SSSR count). The maximum atomic E-state index is 12.7. The minimum atomic E-state index is -4.29. The molecule has 0 heterocycles. The van der Waals surface area contributed by atoms with Gasteiger partial charge in [-0.2, -0.15) is 13.2 Å². The Bertz CT molecular complexity index is 434. The van der Waals surface area contributed by atoms with Crippen molar-refractivity contribution in [2.24, 2.45) is 0 Å². The minimum absolute atomic E-state index is 0.0233. The molecule has 5 heteroatoms. The summed E-state index contributed by atoms with van der Waals surface area (Å²) in [6.07, 6.45) is -2.48. The molecule has 1 aromatic carbocycles. The second kappa shape index (κ2) is 6.79. The van der Waals surface area contributed by atoms with Crippen molar-refractivity contribution >= 4 is 0 Å². The van der Waals surface area contributed by atoms with Gasteiger partial charge < -0.3 is 10.2 Å². The Balaban J connectivity index is 3.21. The van der Waals surface area contributed by atoms with Crippen LogP contribution in [0.1, 0.15) is 43.9 Å². The fourth-order valence-corrected chi connectivity index (χ4v) is 3.16. The highest BCUT2D eigenvalue weighted by molar-refractivity contribution is 5.29. The zero-order valence-corrected chi connectivity index (χ0v) is 13.4. The highest BCUT2D eigenvalue weighted by Crippen LogP contribution is 2.37. The summed E-state index contributed by atoms with van der Waals surface area (Å²) in [6, 6.07) is 5.45. The molecule has 0 saturated heterocycles. The Morgan fingerprint density at radius 2 is 1.52 bits per heavy atom. The first kappa shape index (κ1) is 18.0. The molecule has 2 nitrogen and oxygen atoms in total. The van der Waals surface area contributed by atoms with E-state index in [-0.39, 0.29) is 11.6 Å². The molecule has 0 radical (unpaired) electrons. The molecule has 1 N–H and O–H groups in total. The fourth-order valence-electron chi connectivity index (χ4n) is 3.16. The van der Waals surface area contributed by atoms with Crippen molar-refractivity contribution in [3.8, 4) is 0 Å². The van der Waals surface area contributed by atoms with E-state index >= 15 is 0 Å². The zero-order chi connectivity index (χ0) is 16.3. The second-order valence-corrected chi connectivity index (χ2v) is 5.55. The number of nitrogens with zero attached hydrogens (tertiary/aromatic N) is 1. The Morgan fingerprint density at radius 3 is 1.81 bits per heavy atom. The molecule has 0 aromatic heterocycles. The predicted molar refractivity (Wildman–Crippen MR) is 80.2 cm³/mol. The average molecular weight is 302 g/mol. The van der Waals surface area contributed by atoms with Gasteiger partial charge in [0, 0.05) is 5.54 Å². The summed E-state index contributed by atoms with van der Waals surface area (Å²) >= 11 is 0. The maximum Gasteiger partial charge on any atom is 0.416 e. The first-order valence-electron chi connectivity index (χ1n) is 7.24. The first-order valence-corrected chi connectivity index (χ1v) is 7.24. The van der Waals surface area contributed by atoms with Gasteiger partial charge in [-0.05, 0) is 51.7 Å². The topological polar surface area (TPSA) is 15.3 Å². The summed E-state index contributed by atoms with van der Waals surface area (Å²) in [6.45, 7) is 4.22. The third-order valence-electron chi connectivity index (χ3n) is 4.51. The van der Waals surface area contributed by atoms with Crippen LogP contribution in [0.5, 0.6) is 0 Å². The van der Waals surface area contributed by atoms with Crippen LogP contribution in [0.15, 0.2) is 24.3 Å². The van der Waals surface area contributed by atoms with Crippen LogP contribution in [0.2, 0.25) is 0 Å². The fraction of sp³-hybridized carbons (Fsp3) is 0.625. The Hall–Kier alpha value is -1.07. The molecule has 0 saturated carbocycles. The lowest BCUT2D eigenvalue weighted by molar-refractivity contribution is -0.137. The van der Waals surface area contributed by atoms with Crippen molar-refractivity contribution in [2.75, 3.05) is 21.1 Å². The van der Waals surface area contributed by atoms with Gasteiger partial charge in [0.15, 0.2) is 0 Å². The van der Waals surface area contributed by atoms with E-state index in [9.17, 15) is 13.2 Å². The number of likely N-dealkylation sites (N-methyl/N-ethyl adjacent to an activating group) is 2. The van der Waals surface area contributed by atoms with Gasteiger partial charge in [0.1, 0.15) is 0 Å². The largest absolute Gasteiger partial charge is 0.416 e. The average Bonchev–Trinajstić information content (AvgIpc) is 2.43. The highest BCUT2D eigenvalue weighted by Gasteiger charge is 2.38. The number of hydrogen-bond donors (Lipinski definition) is 1. The lowest BCUT2D eigenvalue weighted by Crippen LogP contribution is -2.52. The smallest absolute Gasteiger partial charge is 0.311 e. The van der Waals surface area contributed by atoms with Gasteiger partial charge in [0.2, 0.25) is 0 Å². The van der Waals surface area contributed by atoms with Crippen LogP contribution in [-0.4, -0.2) is 31.6 Å². The van der Waals surface area contributed by atoms with Crippen molar-refractivity contribution in [1.82, 2.24) is 10.2 Å². The van der Waals surface area contributed by atoms with E-state index in [0.29, 0.717) is 0 Å². The minimum Gasteiger partial charge on any atom is -0.311 e. The molecule has 1 aromatic rings. The number of rotatable bonds is 6. The van der Waals surface area contributed by atoms with Gasteiger partial charge in [-0.1, -0.05) is 26.0 Å². The van der Waals surface area contributed by atoms with Crippen molar-refractivity contribution < 1.29 is 13.2 Å². The molecule has 1 atom stereocenters. The zero-order valence-electron chi connectivity index (χ0n) is 13.4. The Kier molecular flexibility index (Phi) is 5.82. The number of benzene rings is 1. The molecular weight excluding hydrogens is 277 g/mol. The summed E-state index contributed by atoms with van der Waals surface area (Å²) in [5.74, 6) is 0. The molecule has 0 aliphatic rings. The number of halogens is 3. The Labute approximate surface area is 125 Å². The summed E-state index contributed by atoms with van der Waals surface area (Å²) in [7, 11) is 5.88. The van der Waals surface area contributed by atoms with Gasteiger partial charge in [-0.25, -0.2) is 0 Å². The van der Waals surface area contributed by atoms with Crippen LogP contribution in [0.4, 0.5) is 13.2 Å². The lowest BCUT2D eigenvalue weighted by Gasteiger charge is -2.45. The van der Waals surface area contributed by atoms with E-state index in [0.717, 1.165) is 30.5 Å². The van der Waals surface area contributed by atoms with Gasteiger partial charge in [-0.15, -0.1) is 0 Å². The van der Waals surface area contributed by atoms with E-state index in [4.69, 9.17) is 0 Å². The molecular formula is C16H25F3N2. The molecule has 0 aliphatic carbocycles. The molecule has 0 aliphatic heterocycles. The van der Waals surface area contributed by atoms with Crippen LogP contribution in [0.25, 0.3) is 0 Å². The summed E-state index contributed by atoms with van der Waals surface area (Å²) in [4.78, 5) is 2.16. The number of nitrogens with one attached hydrogen (secondary N) is 1. The maximum absolute atomic E-state index is 12.7. The first-order chi connectivity index (χ1) is 9.72. The SMILES string of the molecule is CCC(CC)(C(NC)c1ccc(C(F)(F)F)cc1)N(C)C. The number of alkyl halides is 3. The van der Waals surface area contributed by atoms with Crippen LogP contribution < -0.4 is 5.32 Å². The van der Waals surface area contributed by atoms with Crippen LogP contribution in [-0.2, 0) is 6.18 Å². The summed E-state index contributed by atoms with van der Waals surface area (Å²) in [5.41, 5.74) is 0.140. The van der Waals surface area contributed by atoms with Gasteiger partial charge in [0.05, 0.1) is 11.6 Å². The second-order valence-electron chi connectivity index (χ2n) is 5.55. The third kappa shape index (κ3) is 3.58. The predicted octanol–water partition coefficient (Wildman–Crippen LogP) is 4.09. The van der Waals surface area contributed by atoms with Crippen molar-refractivity contribution in [3.63, 3.8) is 0 Å². The van der Waals surface area contributed by atoms with Crippen molar-refractivity contribution in [2.45, 2.75) is 44.4 Å². The third-order valence-corrected chi connectivity index (χ3v) is 4.51. The van der Waals surface area contributed by atoms with E-state index in [1.54, 1.807) is 12.1 Å². The molecule has 0 amide bonds. The molecule has 120 valence electrons. The monoisotopic (exact) mass is 302 g/mol. The quantitative estimate of drug-likeness (QED) is 0.851. The van der Waals surface area contributed by atoms with Gasteiger partial charge >= 0.3 is 6.18 Å². The summed E-state index contributed by atoms with van der Waals surface area (Å²) in [5, 5.41) is 3.28. The molecule has 0 bridgehead atoms. The van der Waals surface area contributed by atoms with E-state index in [1.165, 1.54) is 0 Å². The standard InChI is InChI=1S/C16H25F3N2/c1-6-15(7-2,21(4)5)14(20-3)12-8-10-13(11-9-12)16(17,18)19/h8-11,14,20H,6-7H2,1-5H3. The van der Waals surface area contributed by atoms with Crippen molar-refractivity contribution in [3.05, 3.63) is 35.4 Å². The summed E-state index contributed by atoms with van der Waals surface area (Å²) < 4.78 is 38.0. The van der Waals surface area contributed by atoms with Crippen molar-refractivity contribution in [1.29, 1.82) is 0 Å². The lowest BCUT2D eigenvalue weighted by atomic mass is 9.79. The molecule has 21 heavy (non-hydrogen) atoms. The molecule has 0 fully saturated rings. The van der Waals surface area contributed by atoms with Gasteiger partial charge in [0.25, 0.3) is 0 Å². The molecule has 1 unspecified atom stereocenters. The molecule has 0 spiro atoms. The normalized spacial score (nSPS) is 14.5.